The highest BCUT2D eigenvalue weighted by Gasteiger charge is 2.06. The lowest BCUT2D eigenvalue weighted by Crippen LogP contribution is -2.14. The number of aromatic nitrogens is 3. The second-order valence-corrected chi connectivity index (χ2v) is 4.29. The van der Waals surface area contributed by atoms with E-state index in [1.807, 2.05) is 4.68 Å². The molecule has 0 radical (unpaired) electrons. The highest BCUT2D eigenvalue weighted by molar-refractivity contribution is 4.91. The summed E-state index contributed by atoms with van der Waals surface area (Å²) in [4.78, 5) is 0. The van der Waals surface area contributed by atoms with Gasteiger partial charge in [0.05, 0.1) is 5.69 Å². The van der Waals surface area contributed by atoms with Gasteiger partial charge in [0.2, 0.25) is 0 Å². The molecule has 0 unspecified atom stereocenters. The van der Waals surface area contributed by atoms with Crippen LogP contribution >= 0.6 is 0 Å². The minimum absolute atomic E-state index is 0.721. The Morgan fingerprint density at radius 3 is 2.69 bits per heavy atom. The standard InChI is InChI=1S/C12H24N4/c1-4-7-13-8-12-10-16(15-14-12)9-11(5-2)6-3/h10-11,13H,4-9H2,1-3H3. The first-order chi connectivity index (χ1) is 7.80. The van der Waals surface area contributed by atoms with Gasteiger partial charge in [0.15, 0.2) is 0 Å². The SMILES string of the molecule is CCCNCc1cn(CC(CC)CC)nn1. The third kappa shape index (κ3) is 4.31. The zero-order valence-corrected chi connectivity index (χ0v) is 10.7. The smallest absolute Gasteiger partial charge is 0.0964 e. The van der Waals surface area contributed by atoms with Crippen LogP contribution in [0, 0.1) is 5.92 Å². The fourth-order valence-corrected chi connectivity index (χ4v) is 1.71. The first-order valence-electron chi connectivity index (χ1n) is 6.39. The van der Waals surface area contributed by atoms with E-state index >= 15 is 0 Å². The minimum Gasteiger partial charge on any atom is -0.311 e. The van der Waals surface area contributed by atoms with Crippen molar-refractivity contribution in [1.29, 1.82) is 0 Å². The van der Waals surface area contributed by atoms with Gasteiger partial charge in [0.25, 0.3) is 0 Å². The molecular formula is C12H24N4. The van der Waals surface area contributed by atoms with Gasteiger partial charge in [-0.05, 0) is 18.9 Å². The van der Waals surface area contributed by atoms with Crippen LogP contribution in [-0.2, 0) is 13.1 Å². The molecule has 16 heavy (non-hydrogen) atoms. The summed E-state index contributed by atoms with van der Waals surface area (Å²) in [6, 6.07) is 0. The third-order valence-electron chi connectivity index (χ3n) is 2.92. The Hall–Kier alpha value is -0.900. The topological polar surface area (TPSA) is 42.7 Å². The van der Waals surface area contributed by atoms with E-state index in [4.69, 9.17) is 0 Å². The lowest BCUT2D eigenvalue weighted by Gasteiger charge is -2.10. The van der Waals surface area contributed by atoms with Crippen molar-refractivity contribution in [2.45, 2.75) is 53.1 Å². The molecule has 0 spiro atoms. The van der Waals surface area contributed by atoms with Gasteiger partial charge in [-0.25, -0.2) is 0 Å². The lowest BCUT2D eigenvalue weighted by atomic mass is 10.0. The highest BCUT2D eigenvalue weighted by atomic mass is 15.4. The van der Waals surface area contributed by atoms with Crippen LogP contribution < -0.4 is 5.32 Å². The highest BCUT2D eigenvalue weighted by Crippen LogP contribution is 2.09. The summed E-state index contributed by atoms with van der Waals surface area (Å²) < 4.78 is 1.97. The number of hydrogen-bond acceptors (Lipinski definition) is 3. The van der Waals surface area contributed by atoms with Gasteiger partial charge in [-0.3, -0.25) is 4.68 Å². The molecule has 0 saturated heterocycles. The van der Waals surface area contributed by atoms with Crippen LogP contribution in [0.4, 0.5) is 0 Å². The molecule has 0 aromatic carbocycles. The molecule has 1 aromatic heterocycles. The van der Waals surface area contributed by atoms with Crippen molar-refractivity contribution in [2.75, 3.05) is 6.54 Å². The average molecular weight is 224 g/mol. The van der Waals surface area contributed by atoms with Crippen molar-refractivity contribution >= 4 is 0 Å². The van der Waals surface area contributed by atoms with Crippen molar-refractivity contribution in [1.82, 2.24) is 20.3 Å². The van der Waals surface area contributed by atoms with Gasteiger partial charge in [-0.1, -0.05) is 38.8 Å². The van der Waals surface area contributed by atoms with E-state index in [0.717, 1.165) is 37.7 Å². The number of rotatable bonds is 8. The fraction of sp³-hybridized carbons (Fsp3) is 0.833. The van der Waals surface area contributed by atoms with Crippen LogP contribution in [0.2, 0.25) is 0 Å². The summed E-state index contributed by atoms with van der Waals surface area (Å²) in [5.74, 6) is 0.721. The normalized spacial score (nSPS) is 11.2. The molecule has 4 heteroatoms. The maximum Gasteiger partial charge on any atom is 0.0964 e. The van der Waals surface area contributed by atoms with E-state index in [1.165, 1.54) is 12.8 Å². The Bertz CT molecular complexity index is 278. The van der Waals surface area contributed by atoms with Crippen LogP contribution in [0.25, 0.3) is 0 Å². The molecule has 0 aliphatic heterocycles. The second kappa shape index (κ2) is 7.39. The van der Waals surface area contributed by atoms with Crippen molar-refractivity contribution < 1.29 is 0 Å². The van der Waals surface area contributed by atoms with E-state index in [1.54, 1.807) is 0 Å². The van der Waals surface area contributed by atoms with Gasteiger partial charge < -0.3 is 5.32 Å². The zero-order chi connectivity index (χ0) is 11.8. The third-order valence-corrected chi connectivity index (χ3v) is 2.92. The van der Waals surface area contributed by atoms with E-state index < -0.39 is 0 Å². The first-order valence-corrected chi connectivity index (χ1v) is 6.39. The second-order valence-electron chi connectivity index (χ2n) is 4.29. The molecular weight excluding hydrogens is 200 g/mol. The van der Waals surface area contributed by atoms with Crippen molar-refractivity contribution in [3.8, 4) is 0 Å². The van der Waals surface area contributed by atoms with E-state index in [0.29, 0.717) is 0 Å². The Kier molecular flexibility index (Phi) is 6.08. The maximum atomic E-state index is 4.16. The summed E-state index contributed by atoms with van der Waals surface area (Å²) in [7, 11) is 0. The van der Waals surface area contributed by atoms with Gasteiger partial charge >= 0.3 is 0 Å². The molecule has 0 atom stereocenters. The summed E-state index contributed by atoms with van der Waals surface area (Å²) in [6.07, 6.45) is 5.63. The van der Waals surface area contributed by atoms with Gasteiger partial charge in [0.1, 0.15) is 0 Å². The summed E-state index contributed by atoms with van der Waals surface area (Å²) in [5.41, 5.74) is 1.04. The number of hydrogen-bond donors (Lipinski definition) is 1. The lowest BCUT2D eigenvalue weighted by molar-refractivity contribution is 0.390. The molecule has 1 rings (SSSR count). The maximum absolute atomic E-state index is 4.16. The van der Waals surface area contributed by atoms with Crippen molar-refractivity contribution in [3.63, 3.8) is 0 Å². The quantitative estimate of drug-likeness (QED) is 0.688. The minimum atomic E-state index is 0.721. The van der Waals surface area contributed by atoms with E-state index in [9.17, 15) is 0 Å². The Balaban J connectivity index is 2.38. The molecule has 0 amide bonds. The van der Waals surface area contributed by atoms with Crippen molar-refractivity contribution in [2.24, 2.45) is 5.92 Å². The molecule has 92 valence electrons. The molecule has 0 bridgehead atoms. The first kappa shape index (κ1) is 13.2. The predicted octanol–water partition coefficient (Wildman–Crippen LogP) is 2.21. The molecule has 0 aliphatic carbocycles. The molecule has 1 heterocycles. The van der Waals surface area contributed by atoms with Crippen molar-refractivity contribution in [3.05, 3.63) is 11.9 Å². The molecule has 1 N–H and O–H groups in total. The van der Waals surface area contributed by atoms with Crippen LogP contribution in [0.3, 0.4) is 0 Å². The summed E-state index contributed by atoms with van der Waals surface area (Å²) in [5, 5.41) is 11.6. The van der Waals surface area contributed by atoms with Crippen LogP contribution in [0.15, 0.2) is 6.20 Å². The van der Waals surface area contributed by atoms with Crippen LogP contribution in [-0.4, -0.2) is 21.5 Å². The van der Waals surface area contributed by atoms with E-state index in [2.05, 4.69) is 42.6 Å². The average Bonchev–Trinajstić information content (AvgIpc) is 2.74. The zero-order valence-electron chi connectivity index (χ0n) is 10.7. The Morgan fingerprint density at radius 2 is 2.06 bits per heavy atom. The van der Waals surface area contributed by atoms with E-state index in [-0.39, 0.29) is 0 Å². The molecule has 1 aromatic rings. The Labute approximate surface area is 98.4 Å². The fourth-order valence-electron chi connectivity index (χ4n) is 1.71. The van der Waals surface area contributed by atoms with Gasteiger partial charge in [-0.15, -0.1) is 5.10 Å². The molecule has 0 aliphatic rings. The molecule has 0 fully saturated rings. The van der Waals surface area contributed by atoms with Gasteiger partial charge in [0, 0.05) is 19.3 Å². The van der Waals surface area contributed by atoms with Gasteiger partial charge in [-0.2, -0.15) is 0 Å². The molecule has 0 saturated carbocycles. The number of nitrogens with one attached hydrogen (secondary N) is 1. The van der Waals surface area contributed by atoms with Crippen LogP contribution in [0.1, 0.15) is 45.7 Å². The monoisotopic (exact) mass is 224 g/mol. The van der Waals surface area contributed by atoms with Crippen LogP contribution in [0.5, 0.6) is 0 Å². The summed E-state index contributed by atoms with van der Waals surface area (Å²) >= 11 is 0. The predicted molar refractivity (Wildman–Crippen MR) is 66.1 cm³/mol. The number of nitrogens with zero attached hydrogens (tertiary/aromatic N) is 3. The Morgan fingerprint density at radius 1 is 1.31 bits per heavy atom. The largest absolute Gasteiger partial charge is 0.311 e. The summed E-state index contributed by atoms with van der Waals surface area (Å²) in [6.45, 7) is 9.49. The molecule has 4 nitrogen and oxygen atoms in total.